The number of halogens is 1. The summed E-state index contributed by atoms with van der Waals surface area (Å²) in [5.41, 5.74) is 4.27. The predicted octanol–water partition coefficient (Wildman–Crippen LogP) is 3.72. The Labute approximate surface area is 172 Å². The number of aryl methyl sites for hydroxylation is 2. The summed E-state index contributed by atoms with van der Waals surface area (Å²) in [7, 11) is 1.57. The van der Waals surface area contributed by atoms with Gasteiger partial charge in [-0.25, -0.2) is 0 Å². The number of anilines is 1. The lowest BCUT2D eigenvalue weighted by Gasteiger charge is -2.34. The number of carbonyl (C=O) groups excluding carboxylic acids is 1. The van der Waals surface area contributed by atoms with Crippen LogP contribution in [-0.4, -0.2) is 55.5 Å². The molecule has 28 heavy (non-hydrogen) atoms. The molecule has 0 unspecified atom stereocenters. The van der Waals surface area contributed by atoms with Crippen LogP contribution >= 0.6 is 11.6 Å². The van der Waals surface area contributed by atoms with E-state index in [1.807, 2.05) is 13.0 Å². The molecule has 0 radical (unpaired) electrons. The highest BCUT2D eigenvalue weighted by Gasteiger charge is 2.20. The lowest BCUT2D eigenvalue weighted by molar-refractivity contribution is -0.117. The van der Waals surface area contributed by atoms with Crippen LogP contribution < -0.4 is 10.1 Å². The van der Waals surface area contributed by atoms with Crippen LogP contribution in [0.2, 0.25) is 5.02 Å². The highest BCUT2D eigenvalue weighted by molar-refractivity contribution is 6.31. The highest BCUT2D eigenvalue weighted by Crippen LogP contribution is 2.30. The lowest BCUT2D eigenvalue weighted by atomic mass is 10.1. The summed E-state index contributed by atoms with van der Waals surface area (Å²) in [5, 5.41) is 3.58. The summed E-state index contributed by atoms with van der Waals surface area (Å²) in [6.45, 7) is 9.10. The van der Waals surface area contributed by atoms with Crippen LogP contribution in [0.1, 0.15) is 16.7 Å². The third kappa shape index (κ3) is 5.25. The summed E-state index contributed by atoms with van der Waals surface area (Å²) in [4.78, 5) is 17.1. The molecule has 0 aliphatic carbocycles. The summed E-state index contributed by atoms with van der Waals surface area (Å²) >= 11 is 6.13. The number of piperazine rings is 1. The largest absolute Gasteiger partial charge is 0.495 e. The van der Waals surface area contributed by atoms with E-state index in [1.165, 1.54) is 11.1 Å². The van der Waals surface area contributed by atoms with Gasteiger partial charge in [-0.3, -0.25) is 14.6 Å². The first-order chi connectivity index (χ1) is 13.5. The number of nitrogens with zero attached hydrogens (tertiary/aromatic N) is 2. The maximum Gasteiger partial charge on any atom is 0.238 e. The highest BCUT2D eigenvalue weighted by atomic mass is 35.5. The van der Waals surface area contributed by atoms with Gasteiger partial charge in [-0.2, -0.15) is 0 Å². The number of ether oxygens (including phenoxy) is 1. The minimum atomic E-state index is -0.0348. The molecule has 0 saturated carbocycles. The van der Waals surface area contributed by atoms with Crippen LogP contribution in [0.3, 0.4) is 0 Å². The molecule has 3 rings (SSSR count). The van der Waals surface area contributed by atoms with Gasteiger partial charge in [0.05, 0.1) is 19.3 Å². The molecular formula is C22H28ClN3O2. The van der Waals surface area contributed by atoms with Crippen LogP contribution in [0.5, 0.6) is 5.75 Å². The Hall–Kier alpha value is -2.08. The fourth-order valence-corrected chi connectivity index (χ4v) is 3.61. The Bertz CT molecular complexity index is 833. The van der Waals surface area contributed by atoms with Gasteiger partial charge < -0.3 is 10.1 Å². The maximum atomic E-state index is 12.5. The van der Waals surface area contributed by atoms with Gasteiger partial charge in [0.15, 0.2) is 0 Å². The number of nitrogens with one attached hydrogen (secondary N) is 1. The molecule has 150 valence electrons. The number of benzene rings is 2. The number of hydrogen-bond acceptors (Lipinski definition) is 4. The Balaban J connectivity index is 1.50. The molecule has 1 N–H and O–H groups in total. The summed E-state index contributed by atoms with van der Waals surface area (Å²) in [6.07, 6.45) is 0. The SMILES string of the molecule is COc1cc(Cl)c(C)cc1NC(=O)CN1CCN(Cc2ccccc2C)CC1. The Morgan fingerprint density at radius 3 is 2.43 bits per heavy atom. The van der Waals surface area contributed by atoms with E-state index in [0.717, 1.165) is 38.3 Å². The molecule has 5 nitrogen and oxygen atoms in total. The van der Waals surface area contributed by atoms with E-state index >= 15 is 0 Å². The number of hydrogen-bond donors (Lipinski definition) is 1. The molecule has 0 atom stereocenters. The third-order valence-corrected chi connectivity index (χ3v) is 5.65. The second-order valence-corrected chi connectivity index (χ2v) is 7.74. The maximum absolute atomic E-state index is 12.5. The second-order valence-electron chi connectivity index (χ2n) is 7.33. The Morgan fingerprint density at radius 1 is 1.07 bits per heavy atom. The van der Waals surface area contributed by atoms with Crippen molar-refractivity contribution in [3.63, 3.8) is 0 Å². The first kappa shape index (κ1) is 20.6. The first-order valence-electron chi connectivity index (χ1n) is 9.59. The van der Waals surface area contributed by atoms with Crippen molar-refractivity contribution in [1.82, 2.24) is 9.80 Å². The van der Waals surface area contributed by atoms with Crippen molar-refractivity contribution in [3.05, 3.63) is 58.1 Å². The van der Waals surface area contributed by atoms with Crippen molar-refractivity contribution in [2.45, 2.75) is 20.4 Å². The van der Waals surface area contributed by atoms with E-state index in [4.69, 9.17) is 16.3 Å². The van der Waals surface area contributed by atoms with E-state index in [9.17, 15) is 4.79 Å². The van der Waals surface area contributed by atoms with Gasteiger partial charge in [-0.1, -0.05) is 35.9 Å². The molecule has 2 aromatic rings. The first-order valence-corrected chi connectivity index (χ1v) is 9.97. The molecule has 0 spiro atoms. The minimum Gasteiger partial charge on any atom is -0.495 e. The standard InChI is InChI=1S/C22H28ClN3O2/c1-16-6-4-5-7-18(16)14-25-8-10-26(11-9-25)15-22(27)24-20-12-17(2)19(23)13-21(20)28-3/h4-7,12-13H,8-11,14-15H2,1-3H3,(H,24,27). The number of amides is 1. The lowest BCUT2D eigenvalue weighted by Crippen LogP contribution is -2.48. The van der Waals surface area contributed by atoms with Gasteiger partial charge in [0.2, 0.25) is 5.91 Å². The van der Waals surface area contributed by atoms with Crippen LogP contribution in [-0.2, 0) is 11.3 Å². The fourth-order valence-electron chi connectivity index (χ4n) is 3.46. The van der Waals surface area contributed by atoms with Gasteiger partial charge in [0.25, 0.3) is 0 Å². The average molecular weight is 402 g/mol. The molecule has 1 heterocycles. The van der Waals surface area contributed by atoms with Gasteiger partial charge >= 0.3 is 0 Å². The van der Waals surface area contributed by atoms with Crippen LogP contribution in [0.25, 0.3) is 0 Å². The zero-order valence-electron chi connectivity index (χ0n) is 16.8. The van der Waals surface area contributed by atoms with Gasteiger partial charge in [-0.05, 0) is 36.6 Å². The van der Waals surface area contributed by atoms with Gasteiger partial charge in [0.1, 0.15) is 5.75 Å². The predicted molar refractivity (Wildman–Crippen MR) is 114 cm³/mol. The molecule has 0 bridgehead atoms. The molecule has 6 heteroatoms. The number of carbonyl (C=O) groups is 1. The minimum absolute atomic E-state index is 0.0348. The van der Waals surface area contributed by atoms with Crippen molar-refractivity contribution in [1.29, 1.82) is 0 Å². The van der Waals surface area contributed by atoms with E-state index in [1.54, 1.807) is 13.2 Å². The van der Waals surface area contributed by atoms with Crippen molar-refractivity contribution in [3.8, 4) is 5.75 Å². The summed E-state index contributed by atoms with van der Waals surface area (Å²) in [5.74, 6) is 0.541. The van der Waals surface area contributed by atoms with Crippen LogP contribution in [0, 0.1) is 13.8 Å². The average Bonchev–Trinajstić information content (AvgIpc) is 2.68. The summed E-state index contributed by atoms with van der Waals surface area (Å²) in [6, 6.07) is 12.1. The quantitative estimate of drug-likeness (QED) is 0.801. The normalized spacial score (nSPS) is 15.4. The topological polar surface area (TPSA) is 44.8 Å². The molecule has 0 aromatic heterocycles. The Morgan fingerprint density at radius 2 is 1.75 bits per heavy atom. The summed E-state index contributed by atoms with van der Waals surface area (Å²) < 4.78 is 5.33. The monoisotopic (exact) mass is 401 g/mol. The van der Waals surface area contributed by atoms with Crippen molar-refractivity contribution in [2.24, 2.45) is 0 Å². The zero-order valence-corrected chi connectivity index (χ0v) is 17.6. The second kappa shape index (κ2) is 9.41. The molecule has 1 fully saturated rings. The fraction of sp³-hybridized carbons (Fsp3) is 0.409. The van der Waals surface area contributed by atoms with Crippen LogP contribution in [0.15, 0.2) is 36.4 Å². The van der Waals surface area contributed by atoms with E-state index in [-0.39, 0.29) is 5.91 Å². The Kier molecular flexibility index (Phi) is 6.94. The van der Waals surface area contributed by atoms with E-state index in [0.29, 0.717) is 23.0 Å². The molecule has 2 aromatic carbocycles. The smallest absolute Gasteiger partial charge is 0.238 e. The number of methoxy groups -OCH3 is 1. The molecule has 1 saturated heterocycles. The molecule has 1 aliphatic heterocycles. The molecule has 1 aliphatic rings. The van der Waals surface area contributed by atoms with Crippen LogP contribution in [0.4, 0.5) is 5.69 Å². The van der Waals surface area contributed by atoms with Crippen molar-refractivity contribution >= 4 is 23.2 Å². The van der Waals surface area contributed by atoms with E-state index in [2.05, 4.69) is 46.3 Å². The zero-order chi connectivity index (χ0) is 20.1. The number of rotatable bonds is 6. The van der Waals surface area contributed by atoms with E-state index < -0.39 is 0 Å². The molecule has 1 amide bonds. The van der Waals surface area contributed by atoms with Gasteiger partial charge in [0, 0.05) is 43.8 Å². The van der Waals surface area contributed by atoms with Crippen molar-refractivity contribution in [2.75, 3.05) is 45.2 Å². The van der Waals surface area contributed by atoms with Gasteiger partial charge in [-0.15, -0.1) is 0 Å². The van der Waals surface area contributed by atoms with Crippen molar-refractivity contribution < 1.29 is 9.53 Å². The third-order valence-electron chi connectivity index (χ3n) is 5.24. The molecular weight excluding hydrogens is 374 g/mol.